The van der Waals surface area contributed by atoms with Gasteiger partial charge in [-0.25, -0.2) is 0 Å². The van der Waals surface area contributed by atoms with Crippen LogP contribution in [0.25, 0.3) is 5.76 Å². The number of amides is 1. The van der Waals surface area contributed by atoms with Gasteiger partial charge in [0.25, 0.3) is 11.7 Å². The predicted octanol–water partition coefficient (Wildman–Crippen LogP) is 4.52. The third kappa shape index (κ3) is 3.31. The van der Waals surface area contributed by atoms with E-state index in [0.717, 1.165) is 0 Å². The van der Waals surface area contributed by atoms with Gasteiger partial charge in [-0.2, -0.15) is 0 Å². The van der Waals surface area contributed by atoms with Gasteiger partial charge in [-0.3, -0.25) is 19.3 Å². The largest absolute Gasteiger partial charge is 0.507 e. The molecule has 3 aromatic carbocycles. The van der Waals surface area contributed by atoms with E-state index in [1.54, 1.807) is 54.6 Å². The molecule has 1 fully saturated rings. The molecule has 0 spiro atoms. The minimum absolute atomic E-state index is 0.0352. The van der Waals surface area contributed by atoms with Gasteiger partial charge in [-0.1, -0.05) is 60.7 Å². The summed E-state index contributed by atoms with van der Waals surface area (Å²) in [7, 11) is 0. The predicted molar refractivity (Wildman–Crippen MR) is 114 cm³/mol. The number of hydrogen-bond donors (Lipinski definition) is 1. The average Bonchev–Trinajstić information content (AvgIpc) is 3.05. The van der Waals surface area contributed by atoms with Crippen LogP contribution in [0, 0.1) is 0 Å². The Morgan fingerprint density at radius 1 is 0.800 bits per heavy atom. The number of nitrogens with zero attached hydrogens (tertiary/aromatic N) is 1. The van der Waals surface area contributed by atoms with Gasteiger partial charge in [0.15, 0.2) is 5.78 Å². The molecule has 1 saturated heterocycles. The van der Waals surface area contributed by atoms with Crippen LogP contribution >= 0.6 is 0 Å². The van der Waals surface area contributed by atoms with E-state index >= 15 is 0 Å². The summed E-state index contributed by atoms with van der Waals surface area (Å²) in [5.41, 5.74) is 2.18. The highest BCUT2D eigenvalue weighted by molar-refractivity contribution is 6.51. The van der Waals surface area contributed by atoms with E-state index < -0.39 is 17.7 Å². The first-order valence-corrected chi connectivity index (χ1v) is 9.51. The van der Waals surface area contributed by atoms with Gasteiger partial charge in [0.05, 0.1) is 11.6 Å². The fraction of sp³-hybridized carbons (Fsp3) is 0.0800. The van der Waals surface area contributed by atoms with Crippen molar-refractivity contribution in [2.45, 2.75) is 13.0 Å². The lowest BCUT2D eigenvalue weighted by Gasteiger charge is -2.25. The lowest BCUT2D eigenvalue weighted by atomic mass is 9.95. The minimum Gasteiger partial charge on any atom is -0.507 e. The second-order valence-electron chi connectivity index (χ2n) is 7.05. The minimum atomic E-state index is -0.783. The lowest BCUT2D eigenvalue weighted by molar-refractivity contribution is -0.132. The van der Waals surface area contributed by atoms with E-state index in [0.29, 0.717) is 22.4 Å². The van der Waals surface area contributed by atoms with Gasteiger partial charge >= 0.3 is 0 Å². The molecule has 5 heteroatoms. The number of anilines is 1. The zero-order valence-corrected chi connectivity index (χ0v) is 16.3. The monoisotopic (exact) mass is 397 g/mol. The molecule has 0 aromatic heterocycles. The first-order chi connectivity index (χ1) is 14.5. The zero-order chi connectivity index (χ0) is 21.3. The highest BCUT2D eigenvalue weighted by Crippen LogP contribution is 2.42. The molecule has 0 saturated carbocycles. The van der Waals surface area contributed by atoms with Crippen LogP contribution in [-0.4, -0.2) is 22.6 Å². The Balaban J connectivity index is 1.91. The summed E-state index contributed by atoms with van der Waals surface area (Å²) in [6.45, 7) is 1.46. The summed E-state index contributed by atoms with van der Waals surface area (Å²) in [6.07, 6.45) is 0. The molecule has 1 unspecified atom stereocenters. The van der Waals surface area contributed by atoms with Crippen molar-refractivity contribution in [2.24, 2.45) is 0 Å². The zero-order valence-electron chi connectivity index (χ0n) is 16.3. The van der Waals surface area contributed by atoms with Crippen LogP contribution in [0.1, 0.15) is 34.5 Å². The third-order valence-electron chi connectivity index (χ3n) is 5.16. The van der Waals surface area contributed by atoms with Gasteiger partial charge in [-0.05, 0) is 36.8 Å². The van der Waals surface area contributed by atoms with Crippen LogP contribution < -0.4 is 4.90 Å². The van der Waals surface area contributed by atoms with Crippen molar-refractivity contribution in [1.82, 2.24) is 0 Å². The number of carbonyl (C=O) groups is 3. The maximum atomic E-state index is 13.0. The van der Waals surface area contributed by atoms with E-state index in [2.05, 4.69) is 0 Å². The second kappa shape index (κ2) is 7.79. The summed E-state index contributed by atoms with van der Waals surface area (Å²) in [5, 5.41) is 11.0. The normalized spacial score (nSPS) is 17.9. The SMILES string of the molecule is CC(=O)c1ccc(N2C(=O)C(=O)/C(=C(/O)c3ccccc3)C2c2ccccc2)cc1. The van der Waals surface area contributed by atoms with Crippen molar-refractivity contribution in [3.63, 3.8) is 0 Å². The van der Waals surface area contributed by atoms with E-state index in [4.69, 9.17) is 0 Å². The number of benzene rings is 3. The highest BCUT2D eigenvalue weighted by atomic mass is 16.3. The number of carbonyl (C=O) groups excluding carboxylic acids is 3. The smallest absolute Gasteiger partial charge is 0.300 e. The number of aliphatic hydroxyl groups excluding tert-OH is 1. The van der Waals surface area contributed by atoms with Crippen molar-refractivity contribution in [1.29, 1.82) is 0 Å². The van der Waals surface area contributed by atoms with Crippen LogP contribution in [-0.2, 0) is 9.59 Å². The molecule has 4 rings (SSSR count). The molecule has 1 amide bonds. The number of rotatable bonds is 4. The van der Waals surface area contributed by atoms with Gasteiger partial charge < -0.3 is 5.11 Å². The van der Waals surface area contributed by atoms with E-state index in [-0.39, 0.29) is 17.1 Å². The fourth-order valence-electron chi connectivity index (χ4n) is 3.66. The fourth-order valence-corrected chi connectivity index (χ4v) is 3.66. The quantitative estimate of drug-likeness (QED) is 0.304. The molecule has 5 nitrogen and oxygen atoms in total. The average molecular weight is 397 g/mol. The van der Waals surface area contributed by atoms with Crippen molar-refractivity contribution in [3.05, 3.63) is 107 Å². The van der Waals surface area contributed by atoms with Crippen molar-refractivity contribution >= 4 is 28.9 Å². The maximum absolute atomic E-state index is 13.0. The number of aliphatic hydroxyl groups is 1. The van der Waals surface area contributed by atoms with E-state index in [1.807, 2.05) is 30.3 Å². The summed E-state index contributed by atoms with van der Waals surface area (Å²) < 4.78 is 0. The molecule has 0 bridgehead atoms. The number of ketones is 2. The number of Topliss-reactive ketones (excluding diaryl/α,β-unsaturated/α-hetero) is 2. The summed E-state index contributed by atoms with van der Waals surface area (Å²) in [4.78, 5) is 39.0. The van der Waals surface area contributed by atoms with E-state index in [9.17, 15) is 19.5 Å². The standard InChI is InChI=1S/C25H19NO4/c1-16(27)17-12-14-20(15-13-17)26-22(18-8-4-2-5-9-18)21(24(29)25(26)30)23(28)19-10-6-3-7-11-19/h2-15,22,28H,1H3/b23-21+. The van der Waals surface area contributed by atoms with Crippen molar-refractivity contribution < 1.29 is 19.5 Å². The highest BCUT2D eigenvalue weighted by Gasteiger charge is 2.46. The molecule has 1 heterocycles. The lowest BCUT2D eigenvalue weighted by Crippen LogP contribution is -2.29. The Hall–Kier alpha value is -3.99. The molecular weight excluding hydrogens is 378 g/mol. The van der Waals surface area contributed by atoms with Crippen LogP contribution in [0.4, 0.5) is 5.69 Å². The first kappa shape index (κ1) is 19.3. The Labute approximate surface area is 173 Å². The van der Waals surface area contributed by atoms with Gasteiger partial charge in [-0.15, -0.1) is 0 Å². The Kier molecular flexibility index (Phi) is 5.02. The van der Waals surface area contributed by atoms with Gasteiger partial charge in [0.2, 0.25) is 0 Å². The van der Waals surface area contributed by atoms with Crippen molar-refractivity contribution in [3.8, 4) is 0 Å². The molecule has 1 aliphatic heterocycles. The Morgan fingerprint density at radius 2 is 1.37 bits per heavy atom. The topological polar surface area (TPSA) is 74.7 Å². The molecule has 1 N–H and O–H groups in total. The third-order valence-corrected chi connectivity index (χ3v) is 5.16. The second-order valence-corrected chi connectivity index (χ2v) is 7.05. The molecule has 148 valence electrons. The molecule has 30 heavy (non-hydrogen) atoms. The van der Waals surface area contributed by atoms with Crippen LogP contribution in [0.3, 0.4) is 0 Å². The molecule has 3 aromatic rings. The van der Waals surface area contributed by atoms with Crippen LogP contribution in [0.5, 0.6) is 0 Å². The van der Waals surface area contributed by atoms with Gasteiger partial charge in [0.1, 0.15) is 5.76 Å². The molecular formula is C25H19NO4. The van der Waals surface area contributed by atoms with E-state index in [1.165, 1.54) is 11.8 Å². The number of hydrogen-bond acceptors (Lipinski definition) is 4. The van der Waals surface area contributed by atoms with Crippen LogP contribution in [0.2, 0.25) is 0 Å². The summed E-state index contributed by atoms with van der Waals surface area (Å²) in [6, 6.07) is 23.5. The summed E-state index contributed by atoms with van der Waals surface area (Å²) >= 11 is 0. The van der Waals surface area contributed by atoms with Gasteiger partial charge in [0, 0.05) is 16.8 Å². The van der Waals surface area contributed by atoms with Crippen molar-refractivity contribution in [2.75, 3.05) is 4.90 Å². The summed E-state index contributed by atoms with van der Waals surface area (Å²) in [5.74, 6) is -1.78. The first-order valence-electron chi connectivity index (χ1n) is 9.51. The molecule has 1 aliphatic rings. The maximum Gasteiger partial charge on any atom is 0.300 e. The Morgan fingerprint density at radius 3 is 1.93 bits per heavy atom. The Bertz CT molecular complexity index is 1150. The molecule has 0 aliphatic carbocycles. The van der Waals surface area contributed by atoms with Crippen LogP contribution in [0.15, 0.2) is 90.5 Å². The molecule has 0 radical (unpaired) electrons. The molecule has 1 atom stereocenters.